The van der Waals surface area contributed by atoms with Crippen LogP contribution in [0.5, 0.6) is 5.75 Å². The second-order valence-corrected chi connectivity index (χ2v) is 6.61. The van der Waals surface area contributed by atoms with Crippen molar-refractivity contribution in [2.75, 3.05) is 6.61 Å². The number of halogens is 3. The highest BCUT2D eigenvalue weighted by Gasteiger charge is 2.06. The molecule has 0 radical (unpaired) electrons. The second kappa shape index (κ2) is 6.72. The standard InChI is InChI=1S/C12H12Br2ClN3O/c1-8(13)11-7-18(17-16-11)4-5-19-12-3-2-9(15)6-10(12)14/h2-3,6-8H,4-5H2,1H3. The highest BCUT2D eigenvalue weighted by Crippen LogP contribution is 2.27. The molecule has 0 fully saturated rings. The van der Waals surface area contributed by atoms with E-state index in [2.05, 4.69) is 42.2 Å². The molecule has 1 atom stereocenters. The Kier molecular flexibility index (Phi) is 5.24. The van der Waals surface area contributed by atoms with E-state index in [1.54, 1.807) is 16.8 Å². The van der Waals surface area contributed by atoms with Crippen LogP contribution < -0.4 is 4.74 Å². The van der Waals surface area contributed by atoms with E-state index in [1.807, 2.05) is 19.2 Å². The minimum Gasteiger partial charge on any atom is -0.490 e. The molecule has 4 nitrogen and oxygen atoms in total. The van der Waals surface area contributed by atoms with E-state index in [0.717, 1.165) is 15.9 Å². The van der Waals surface area contributed by atoms with Gasteiger partial charge >= 0.3 is 0 Å². The van der Waals surface area contributed by atoms with Crippen molar-refractivity contribution in [2.24, 2.45) is 0 Å². The quantitative estimate of drug-likeness (QED) is 0.694. The van der Waals surface area contributed by atoms with Gasteiger partial charge in [-0.1, -0.05) is 32.7 Å². The van der Waals surface area contributed by atoms with E-state index in [4.69, 9.17) is 16.3 Å². The molecule has 0 saturated heterocycles. The number of alkyl halides is 1. The maximum atomic E-state index is 5.87. The smallest absolute Gasteiger partial charge is 0.133 e. The Morgan fingerprint density at radius 1 is 1.47 bits per heavy atom. The fraction of sp³-hybridized carbons (Fsp3) is 0.333. The van der Waals surface area contributed by atoms with E-state index >= 15 is 0 Å². The largest absolute Gasteiger partial charge is 0.490 e. The zero-order chi connectivity index (χ0) is 13.8. The highest BCUT2D eigenvalue weighted by atomic mass is 79.9. The summed E-state index contributed by atoms with van der Waals surface area (Å²) in [6, 6.07) is 5.43. The summed E-state index contributed by atoms with van der Waals surface area (Å²) in [6.07, 6.45) is 1.90. The number of aromatic nitrogens is 3. The zero-order valence-corrected chi connectivity index (χ0v) is 14.1. The summed E-state index contributed by atoms with van der Waals surface area (Å²) in [5.41, 5.74) is 0.910. The third-order valence-electron chi connectivity index (χ3n) is 2.44. The van der Waals surface area contributed by atoms with Crippen LogP contribution in [0, 0.1) is 0 Å². The van der Waals surface area contributed by atoms with Crippen LogP contribution in [0.25, 0.3) is 0 Å². The molecule has 1 aromatic carbocycles. The van der Waals surface area contributed by atoms with Crippen LogP contribution in [0.2, 0.25) is 5.02 Å². The predicted octanol–water partition coefficient (Wildman–Crippen LogP) is 4.23. The Morgan fingerprint density at radius 2 is 2.26 bits per heavy atom. The van der Waals surface area contributed by atoms with Gasteiger partial charge in [0.05, 0.1) is 21.5 Å². The molecule has 19 heavy (non-hydrogen) atoms. The molecule has 0 aliphatic carbocycles. The van der Waals surface area contributed by atoms with Gasteiger partial charge in [-0.3, -0.25) is 0 Å². The van der Waals surface area contributed by atoms with Gasteiger partial charge in [-0.2, -0.15) is 0 Å². The van der Waals surface area contributed by atoms with Gasteiger partial charge in [0.2, 0.25) is 0 Å². The number of benzene rings is 1. The molecule has 0 saturated carbocycles. The molecule has 1 unspecified atom stereocenters. The molecular formula is C12H12Br2ClN3O. The Balaban J connectivity index is 1.89. The highest BCUT2D eigenvalue weighted by molar-refractivity contribution is 9.10. The second-order valence-electron chi connectivity index (χ2n) is 3.95. The molecule has 0 bridgehead atoms. The molecular weight excluding hydrogens is 397 g/mol. The maximum Gasteiger partial charge on any atom is 0.133 e. The van der Waals surface area contributed by atoms with Crippen LogP contribution in [-0.4, -0.2) is 21.6 Å². The summed E-state index contributed by atoms with van der Waals surface area (Å²) < 4.78 is 8.26. The van der Waals surface area contributed by atoms with Gasteiger partial charge in [-0.25, -0.2) is 4.68 Å². The lowest BCUT2D eigenvalue weighted by molar-refractivity contribution is 0.288. The summed E-state index contributed by atoms with van der Waals surface area (Å²) in [7, 11) is 0. The van der Waals surface area contributed by atoms with E-state index in [9.17, 15) is 0 Å². The first kappa shape index (κ1) is 14.8. The first-order chi connectivity index (χ1) is 9.06. The SMILES string of the molecule is CC(Br)c1cn(CCOc2ccc(Cl)cc2Br)nn1. The molecule has 0 amide bonds. The maximum absolute atomic E-state index is 5.87. The van der Waals surface area contributed by atoms with Crippen molar-refractivity contribution >= 4 is 43.5 Å². The third-order valence-corrected chi connectivity index (χ3v) is 3.76. The lowest BCUT2D eigenvalue weighted by Crippen LogP contribution is -2.09. The summed E-state index contributed by atoms with van der Waals surface area (Å²) in [5.74, 6) is 0.763. The van der Waals surface area contributed by atoms with Gasteiger partial charge < -0.3 is 4.74 Å². The van der Waals surface area contributed by atoms with E-state index in [1.165, 1.54) is 0 Å². The molecule has 1 heterocycles. The Bertz CT molecular complexity index is 560. The van der Waals surface area contributed by atoms with Crippen LogP contribution in [0.4, 0.5) is 0 Å². The van der Waals surface area contributed by atoms with Crippen molar-refractivity contribution in [3.05, 3.63) is 39.6 Å². The van der Waals surface area contributed by atoms with Crippen molar-refractivity contribution in [3.63, 3.8) is 0 Å². The van der Waals surface area contributed by atoms with Crippen molar-refractivity contribution in [2.45, 2.75) is 18.3 Å². The Morgan fingerprint density at radius 3 is 2.89 bits per heavy atom. The minimum absolute atomic E-state index is 0.201. The normalized spacial score (nSPS) is 12.4. The summed E-state index contributed by atoms with van der Waals surface area (Å²) in [4.78, 5) is 0.201. The summed E-state index contributed by atoms with van der Waals surface area (Å²) >= 11 is 12.7. The van der Waals surface area contributed by atoms with E-state index in [0.29, 0.717) is 18.2 Å². The van der Waals surface area contributed by atoms with Gasteiger partial charge in [-0.05, 0) is 41.1 Å². The van der Waals surface area contributed by atoms with Crippen LogP contribution in [0.1, 0.15) is 17.4 Å². The van der Waals surface area contributed by atoms with E-state index < -0.39 is 0 Å². The third kappa shape index (κ3) is 4.19. The van der Waals surface area contributed by atoms with Gasteiger partial charge in [-0.15, -0.1) is 5.10 Å². The molecule has 0 N–H and O–H groups in total. The Hall–Kier alpha value is -0.590. The number of ether oxygens (including phenoxy) is 1. The van der Waals surface area contributed by atoms with Crippen LogP contribution >= 0.6 is 43.5 Å². The molecule has 1 aromatic heterocycles. The number of hydrogen-bond donors (Lipinski definition) is 0. The molecule has 102 valence electrons. The molecule has 0 spiro atoms. The van der Waals surface area contributed by atoms with Gasteiger partial charge in [0.1, 0.15) is 12.4 Å². The lowest BCUT2D eigenvalue weighted by atomic mass is 10.3. The van der Waals surface area contributed by atoms with Crippen molar-refractivity contribution < 1.29 is 4.74 Å². The van der Waals surface area contributed by atoms with Crippen molar-refractivity contribution in [1.82, 2.24) is 15.0 Å². The van der Waals surface area contributed by atoms with Crippen LogP contribution in [-0.2, 0) is 6.54 Å². The fourth-order valence-electron chi connectivity index (χ4n) is 1.45. The fourth-order valence-corrected chi connectivity index (χ4v) is 2.45. The number of hydrogen-bond acceptors (Lipinski definition) is 3. The topological polar surface area (TPSA) is 39.9 Å². The number of rotatable bonds is 5. The monoisotopic (exact) mass is 407 g/mol. The first-order valence-electron chi connectivity index (χ1n) is 5.68. The van der Waals surface area contributed by atoms with Gasteiger partial charge in [0.25, 0.3) is 0 Å². The predicted molar refractivity (Wildman–Crippen MR) is 82.0 cm³/mol. The Labute approximate surface area is 133 Å². The molecule has 0 aliphatic heterocycles. The van der Waals surface area contributed by atoms with Crippen molar-refractivity contribution in [3.8, 4) is 5.75 Å². The van der Waals surface area contributed by atoms with E-state index in [-0.39, 0.29) is 4.83 Å². The lowest BCUT2D eigenvalue weighted by Gasteiger charge is -2.08. The zero-order valence-electron chi connectivity index (χ0n) is 10.2. The van der Waals surface area contributed by atoms with Crippen molar-refractivity contribution in [1.29, 1.82) is 0 Å². The van der Waals surface area contributed by atoms with Gasteiger partial charge in [0.15, 0.2) is 0 Å². The minimum atomic E-state index is 0.201. The summed E-state index contributed by atoms with van der Waals surface area (Å²) in [5, 5.41) is 8.76. The molecule has 2 aromatic rings. The van der Waals surface area contributed by atoms with Crippen LogP contribution in [0.3, 0.4) is 0 Å². The molecule has 2 rings (SSSR count). The number of nitrogens with zero attached hydrogens (tertiary/aromatic N) is 3. The summed E-state index contributed by atoms with van der Waals surface area (Å²) in [6.45, 7) is 3.16. The average Bonchev–Trinajstić information content (AvgIpc) is 2.81. The van der Waals surface area contributed by atoms with Crippen LogP contribution in [0.15, 0.2) is 28.9 Å². The molecule has 0 aliphatic rings. The first-order valence-corrected chi connectivity index (χ1v) is 7.77. The van der Waals surface area contributed by atoms with Gasteiger partial charge in [0, 0.05) is 11.2 Å². The average molecular weight is 410 g/mol. The molecule has 7 heteroatoms.